The number of nitrogens with zero attached hydrogens (tertiary/aromatic N) is 1. The van der Waals surface area contributed by atoms with Gasteiger partial charge in [-0.15, -0.1) is 0 Å². The van der Waals surface area contributed by atoms with Crippen molar-refractivity contribution in [2.24, 2.45) is 0 Å². The second-order valence-corrected chi connectivity index (χ2v) is 8.02. The average molecular weight is 443 g/mol. The van der Waals surface area contributed by atoms with Gasteiger partial charge in [0.1, 0.15) is 5.69 Å². The number of nitrogens with one attached hydrogen (secondary N) is 1. The Morgan fingerprint density at radius 3 is 2.57 bits per heavy atom. The van der Waals surface area contributed by atoms with Crippen molar-refractivity contribution in [1.82, 2.24) is 10.0 Å². The molecule has 0 saturated carbocycles. The summed E-state index contributed by atoms with van der Waals surface area (Å²) in [5.74, 6) is -0.336. The lowest BCUT2D eigenvalue weighted by molar-refractivity contribution is 0.0226. The van der Waals surface area contributed by atoms with Gasteiger partial charge in [-0.1, -0.05) is 59.6 Å². The van der Waals surface area contributed by atoms with E-state index in [2.05, 4.69) is 5.48 Å². The predicted molar refractivity (Wildman–Crippen MR) is 116 cm³/mol. The molecule has 0 unspecified atom stereocenters. The highest BCUT2D eigenvalue weighted by molar-refractivity contribution is 6.42. The van der Waals surface area contributed by atoms with Gasteiger partial charge < -0.3 is 4.57 Å². The van der Waals surface area contributed by atoms with E-state index in [1.54, 1.807) is 18.2 Å². The van der Waals surface area contributed by atoms with Crippen LogP contribution in [0.25, 0.3) is 0 Å². The summed E-state index contributed by atoms with van der Waals surface area (Å²) in [4.78, 5) is 30.7. The molecular formula is C23H20Cl2N2O3. The van der Waals surface area contributed by atoms with Crippen LogP contribution in [-0.2, 0) is 24.4 Å². The maximum absolute atomic E-state index is 12.9. The summed E-state index contributed by atoms with van der Waals surface area (Å²) < 4.78 is 1.87. The van der Waals surface area contributed by atoms with Gasteiger partial charge >= 0.3 is 0 Å². The van der Waals surface area contributed by atoms with Crippen LogP contribution >= 0.6 is 23.2 Å². The first kappa shape index (κ1) is 20.7. The molecule has 0 saturated heterocycles. The van der Waals surface area contributed by atoms with Gasteiger partial charge in [0, 0.05) is 24.2 Å². The normalized spacial score (nSPS) is 13.2. The Balaban J connectivity index is 1.58. The number of carbonyl (C=O) groups excluding carboxylic acids is 2. The minimum atomic E-state index is -0.395. The maximum atomic E-state index is 12.9. The lowest BCUT2D eigenvalue weighted by Gasteiger charge is -2.17. The topological polar surface area (TPSA) is 60.3 Å². The quantitative estimate of drug-likeness (QED) is 0.532. The van der Waals surface area contributed by atoms with E-state index >= 15 is 0 Å². The molecule has 1 aliphatic rings. The van der Waals surface area contributed by atoms with E-state index in [4.69, 9.17) is 28.0 Å². The highest BCUT2D eigenvalue weighted by atomic mass is 35.5. The van der Waals surface area contributed by atoms with Crippen molar-refractivity contribution < 1.29 is 14.4 Å². The zero-order valence-corrected chi connectivity index (χ0v) is 17.7. The van der Waals surface area contributed by atoms with E-state index in [0.717, 1.165) is 29.7 Å². The van der Waals surface area contributed by atoms with Crippen molar-refractivity contribution in [3.8, 4) is 0 Å². The van der Waals surface area contributed by atoms with Crippen molar-refractivity contribution >= 4 is 34.9 Å². The molecule has 4 rings (SSSR count). The molecule has 0 bridgehead atoms. The number of hydroxylamine groups is 1. The summed E-state index contributed by atoms with van der Waals surface area (Å²) in [7, 11) is 0. The summed E-state index contributed by atoms with van der Waals surface area (Å²) in [5, 5.41) is 0.917. The van der Waals surface area contributed by atoms with Gasteiger partial charge in [0.25, 0.3) is 5.91 Å². The number of carbonyl (C=O) groups is 2. The maximum Gasteiger partial charge on any atom is 0.291 e. The average Bonchev–Trinajstić information content (AvgIpc) is 3.11. The van der Waals surface area contributed by atoms with Crippen molar-refractivity contribution in [3.63, 3.8) is 0 Å². The van der Waals surface area contributed by atoms with Crippen molar-refractivity contribution in [3.05, 3.63) is 92.7 Å². The number of Topliss-reactive ketones (excluding diaryl/α,β-unsaturated/α-hetero) is 1. The first-order valence-corrected chi connectivity index (χ1v) is 10.4. The molecule has 1 amide bonds. The number of rotatable bonds is 6. The van der Waals surface area contributed by atoms with E-state index in [-0.39, 0.29) is 12.4 Å². The number of amides is 1. The van der Waals surface area contributed by atoms with Crippen molar-refractivity contribution in [2.75, 3.05) is 0 Å². The molecular weight excluding hydrogens is 423 g/mol. The molecule has 5 nitrogen and oxygen atoms in total. The van der Waals surface area contributed by atoms with Crippen LogP contribution in [0.5, 0.6) is 0 Å². The number of hydrogen-bond donors (Lipinski definition) is 1. The lowest BCUT2D eigenvalue weighted by atomic mass is 9.96. The van der Waals surface area contributed by atoms with Gasteiger partial charge in [-0.05, 0) is 42.2 Å². The summed E-state index contributed by atoms with van der Waals surface area (Å²) in [6, 6.07) is 16.6. The summed E-state index contributed by atoms with van der Waals surface area (Å²) in [6.45, 7) is 0.652. The van der Waals surface area contributed by atoms with Gasteiger partial charge in [-0.3, -0.25) is 14.4 Å². The Bertz CT molecular complexity index is 1090. The molecule has 0 aliphatic heterocycles. The number of aromatic nitrogens is 1. The zero-order valence-electron chi connectivity index (χ0n) is 16.2. The Kier molecular flexibility index (Phi) is 6.23. The number of fused-ring (bicyclic) bond motifs is 1. The number of halogens is 2. The summed E-state index contributed by atoms with van der Waals surface area (Å²) in [5.41, 5.74) is 6.19. The monoisotopic (exact) mass is 442 g/mol. The standard InChI is InChI=1S/C23H20Cl2N2O3/c24-18-10-9-16(11-19(18)25)13-27-20-7-4-8-22(28)17(20)12-21(27)23(29)26-30-14-15-5-2-1-3-6-15/h1-3,5-6,9-12H,4,7-8,13-14H2,(H,26,29). The molecule has 1 N–H and O–H groups in total. The second-order valence-electron chi connectivity index (χ2n) is 7.21. The Morgan fingerprint density at radius 2 is 1.80 bits per heavy atom. The van der Waals surface area contributed by atoms with E-state index in [0.29, 0.717) is 34.3 Å². The van der Waals surface area contributed by atoms with Crippen LogP contribution in [0, 0.1) is 0 Å². The van der Waals surface area contributed by atoms with Gasteiger partial charge in [-0.2, -0.15) is 0 Å². The lowest BCUT2D eigenvalue weighted by Crippen LogP contribution is -2.27. The third-order valence-electron chi connectivity index (χ3n) is 5.13. The summed E-state index contributed by atoms with van der Waals surface area (Å²) in [6.07, 6.45) is 2.00. The largest absolute Gasteiger partial charge is 0.335 e. The molecule has 0 atom stereocenters. The molecule has 3 aromatic rings. The van der Waals surface area contributed by atoms with Crippen LogP contribution in [0.3, 0.4) is 0 Å². The molecule has 154 valence electrons. The first-order valence-electron chi connectivity index (χ1n) is 9.68. The van der Waals surface area contributed by atoms with Crippen LogP contribution < -0.4 is 5.48 Å². The minimum absolute atomic E-state index is 0.0587. The Labute approximate surface area is 184 Å². The molecule has 2 aromatic carbocycles. The highest BCUT2D eigenvalue weighted by Crippen LogP contribution is 2.28. The first-order chi connectivity index (χ1) is 14.5. The molecule has 1 heterocycles. The summed E-state index contributed by atoms with van der Waals surface area (Å²) >= 11 is 12.2. The second kappa shape index (κ2) is 9.04. The molecule has 0 radical (unpaired) electrons. The predicted octanol–water partition coefficient (Wildman–Crippen LogP) is 5.22. The van der Waals surface area contributed by atoms with E-state index in [9.17, 15) is 9.59 Å². The smallest absolute Gasteiger partial charge is 0.291 e. The van der Waals surface area contributed by atoms with Crippen molar-refractivity contribution in [1.29, 1.82) is 0 Å². The minimum Gasteiger partial charge on any atom is -0.335 e. The van der Waals surface area contributed by atoms with Crippen LogP contribution in [0.15, 0.2) is 54.6 Å². The van der Waals surface area contributed by atoms with Gasteiger partial charge in [0.2, 0.25) is 0 Å². The van der Waals surface area contributed by atoms with Gasteiger partial charge in [0.05, 0.1) is 16.7 Å². The van der Waals surface area contributed by atoms with Crippen LogP contribution in [-0.4, -0.2) is 16.3 Å². The SMILES string of the molecule is O=C1CCCc2c1cc(C(=O)NOCc1ccccc1)n2Cc1ccc(Cl)c(Cl)c1. The fourth-order valence-corrected chi connectivity index (χ4v) is 3.97. The molecule has 0 fully saturated rings. The number of hydrogen-bond acceptors (Lipinski definition) is 3. The van der Waals surface area contributed by atoms with Crippen LogP contribution in [0.2, 0.25) is 10.0 Å². The van der Waals surface area contributed by atoms with E-state index < -0.39 is 5.91 Å². The number of ketones is 1. The zero-order chi connectivity index (χ0) is 21.1. The fraction of sp³-hybridized carbons (Fsp3) is 0.217. The van der Waals surface area contributed by atoms with Gasteiger partial charge in [-0.25, -0.2) is 5.48 Å². The molecule has 1 aromatic heterocycles. The fourth-order valence-electron chi connectivity index (χ4n) is 3.65. The highest BCUT2D eigenvalue weighted by Gasteiger charge is 2.26. The van der Waals surface area contributed by atoms with Crippen LogP contribution in [0.4, 0.5) is 0 Å². The molecule has 7 heteroatoms. The Hall–Kier alpha value is -2.60. The molecule has 0 spiro atoms. The van der Waals surface area contributed by atoms with E-state index in [1.165, 1.54) is 0 Å². The Morgan fingerprint density at radius 1 is 1.00 bits per heavy atom. The number of benzene rings is 2. The third-order valence-corrected chi connectivity index (χ3v) is 5.87. The van der Waals surface area contributed by atoms with E-state index in [1.807, 2.05) is 41.0 Å². The molecule has 1 aliphatic carbocycles. The third kappa shape index (κ3) is 4.43. The van der Waals surface area contributed by atoms with Gasteiger partial charge in [0.15, 0.2) is 5.78 Å². The molecule has 30 heavy (non-hydrogen) atoms. The van der Waals surface area contributed by atoms with Crippen molar-refractivity contribution in [2.45, 2.75) is 32.4 Å². The van der Waals surface area contributed by atoms with Crippen LogP contribution in [0.1, 0.15) is 50.5 Å².